The molecule has 7 aromatic rings. The molecule has 0 saturated carbocycles. The van der Waals surface area contributed by atoms with E-state index in [-0.39, 0.29) is 10.8 Å². The summed E-state index contributed by atoms with van der Waals surface area (Å²) < 4.78 is 5.95. The molecule has 0 spiro atoms. The summed E-state index contributed by atoms with van der Waals surface area (Å²) >= 11 is 0. The van der Waals surface area contributed by atoms with Crippen LogP contribution in [0.2, 0.25) is 0 Å². The van der Waals surface area contributed by atoms with Gasteiger partial charge in [-0.05, 0) is 159 Å². The van der Waals surface area contributed by atoms with E-state index in [4.69, 9.17) is 4.42 Å². The molecule has 1 heterocycles. The molecule has 1 heteroatoms. The zero-order valence-corrected chi connectivity index (χ0v) is 42.2. The van der Waals surface area contributed by atoms with Gasteiger partial charge in [0.1, 0.15) is 11.2 Å². The van der Waals surface area contributed by atoms with Crippen LogP contribution >= 0.6 is 0 Å². The fourth-order valence-corrected chi connectivity index (χ4v) is 9.92. The van der Waals surface area contributed by atoms with E-state index in [0.717, 1.165) is 24.0 Å². The number of rotatable bonds is 4. The second-order valence-electron chi connectivity index (χ2n) is 20.0. The Balaban J connectivity index is 0.000000148. The van der Waals surface area contributed by atoms with Gasteiger partial charge in [-0.25, -0.2) is 0 Å². The first kappa shape index (κ1) is 47.8. The highest BCUT2D eigenvalue weighted by molar-refractivity contribution is 6.11. The molecule has 68 heavy (non-hydrogen) atoms. The number of hydrogen-bond acceptors (Lipinski definition) is 1. The smallest absolute Gasteiger partial charge is 0.136 e. The molecule has 0 amide bonds. The van der Waals surface area contributed by atoms with Crippen molar-refractivity contribution in [3.63, 3.8) is 0 Å². The van der Waals surface area contributed by atoms with Crippen LogP contribution in [0.4, 0.5) is 0 Å². The van der Waals surface area contributed by atoms with Crippen molar-refractivity contribution in [2.24, 2.45) is 5.92 Å². The lowest BCUT2D eigenvalue weighted by Gasteiger charge is -2.22. The minimum absolute atomic E-state index is 0.00368. The first-order valence-electron chi connectivity index (χ1n) is 25.0. The van der Waals surface area contributed by atoms with Gasteiger partial charge in [0.15, 0.2) is 0 Å². The lowest BCUT2D eigenvalue weighted by molar-refractivity contribution is 0.590. The van der Waals surface area contributed by atoms with E-state index in [1.165, 1.54) is 107 Å². The Hall–Kier alpha value is -6.70. The highest BCUT2D eigenvalue weighted by Crippen LogP contribution is 2.51. The summed E-state index contributed by atoms with van der Waals surface area (Å²) in [5.74, 6) is 0.638. The van der Waals surface area contributed by atoms with Crippen molar-refractivity contribution in [2.45, 2.75) is 106 Å². The molecule has 0 aliphatic heterocycles. The van der Waals surface area contributed by atoms with E-state index in [1.807, 2.05) is 26.0 Å². The normalized spacial score (nSPS) is 17.1. The molecule has 0 radical (unpaired) electrons. The average Bonchev–Trinajstić information content (AvgIpc) is 3.87. The number of allylic oxidation sites excluding steroid dienone is 14. The Morgan fingerprint density at radius 3 is 1.99 bits per heavy atom. The molecular formula is C67H70O. The van der Waals surface area contributed by atoms with E-state index < -0.39 is 0 Å². The van der Waals surface area contributed by atoms with Crippen LogP contribution in [-0.4, -0.2) is 0 Å². The summed E-state index contributed by atoms with van der Waals surface area (Å²) in [6.45, 7) is 22.1. The number of furan rings is 1. The Morgan fingerprint density at radius 2 is 1.29 bits per heavy atom. The van der Waals surface area contributed by atoms with Crippen LogP contribution in [0.5, 0.6) is 0 Å². The maximum atomic E-state index is 5.95. The molecule has 1 aromatic heterocycles. The third kappa shape index (κ3) is 10.1. The summed E-state index contributed by atoms with van der Waals surface area (Å²) in [5, 5.41) is 2.43. The summed E-state index contributed by atoms with van der Waals surface area (Å²) in [4.78, 5) is 0. The molecule has 0 fully saturated rings. The van der Waals surface area contributed by atoms with Crippen LogP contribution in [0.3, 0.4) is 0 Å². The lowest BCUT2D eigenvalue weighted by Crippen LogP contribution is -2.15. The van der Waals surface area contributed by atoms with Crippen LogP contribution in [0, 0.1) is 12.8 Å². The maximum absolute atomic E-state index is 5.95. The summed E-state index contributed by atoms with van der Waals surface area (Å²) in [6, 6.07) is 46.4. The molecule has 1 atom stereocenters. The highest BCUT2D eigenvalue weighted by atomic mass is 16.3. The lowest BCUT2D eigenvalue weighted by atomic mass is 9.81. The fraction of sp³-hybridized carbons (Fsp3) is 0.254. The number of benzene rings is 6. The van der Waals surface area contributed by atoms with Gasteiger partial charge in [0.25, 0.3) is 0 Å². The van der Waals surface area contributed by atoms with Gasteiger partial charge in [-0.15, -0.1) is 0 Å². The van der Waals surface area contributed by atoms with Crippen molar-refractivity contribution in [2.75, 3.05) is 0 Å². The quantitative estimate of drug-likeness (QED) is 0.172. The SMILES string of the molecule is C/C=C1/C=CC(C2=CCCC=C2)=CC1.CC.CC1C=CC(c2cccc3oc4ccccc4c23)=CC1.Cc1ccccc1-c1ccc2c(c1)-c1ccc(-c3ccc(C(C)(C)C)cc3)cc1C2(C)C. The molecule has 344 valence electrons. The first-order chi connectivity index (χ1) is 32.9. The number of fused-ring (bicyclic) bond motifs is 6. The molecule has 4 aliphatic carbocycles. The van der Waals surface area contributed by atoms with Gasteiger partial charge >= 0.3 is 0 Å². The molecule has 0 bridgehead atoms. The standard InChI is InChI=1S/C32H32.C19H16O.C14H16.C2H6/c1-21-9-7-8-10-26(21)24-14-18-29-28(19-24)27-17-13-23(20-30(27)32(29,5)6)22-11-15-25(16-12-22)31(2,3)4;1-13-9-11-14(12-10-13)15-6-4-8-18-19(15)16-5-2-3-7-17(16)20-18;1-2-12-8-10-14(11-9-12)13-6-4-3-5-7-13;1-2/h7-20H,1-6H3;2-9,11-13H,10H2,1H3;2,4,6-8,10-11H,3,5,9H2,1H3;1-2H3/b;;12-2-;. The molecule has 0 N–H and O–H groups in total. The third-order valence-corrected chi connectivity index (χ3v) is 14.0. The highest BCUT2D eigenvalue weighted by Gasteiger charge is 2.36. The van der Waals surface area contributed by atoms with Gasteiger partial charge in [-0.2, -0.15) is 0 Å². The van der Waals surface area contributed by atoms with Gasteiger partial charge in [-0.3, -0.25) is 0 Å². The Bertz CT molecular complexity index is 3150. The van der Waals surface area contributed by atoms with E-state index in [9.17, 15) is 0 Å². The number of para-hydroxylation sites is 1. The second-order valence-corrected chi connectivity index (χ2v) is 20.0. The summed E-state index contributed by atoms with van der Waals surface area (Å²) in [6.07, 6.45) is 27.2. The van der Waals surface area contributed by atoms with Gasteiger partial charge in [0, 0.05) is 16.2 Å². The molecule has 4 aliphatic rings. The number of aryl methyl sites for hydroxylation is 1. The van der Waals surface area contributed by atoms with Gasteiger partial charge < -0.3 is 4.42 Å². The van der Waals surface area contributed by atoms with Crippen molar-refractivity contribution in [3.8, 4) is 33.4 Å². The van der Waals surface area contributed by atoms with Crippen molar-refractivity contribution in [1.82, 2.24) is 0 Å². The van der Waals surface area contributed by atoms with Gasteiger partial charge in [0.2, 0.25) is 0 Å². The third-order valence-electron chi connectivity index (χ3n) is 14.0. The van der Waals surface area contributed by atoms with Crippen LogP contribution in [0.15, 0.2) is 209 Å². The largest absolute Gasteiger partial charge is 0.456 e. The van der Waals surface area contributed by atoms with E-state index in [0.29, 0.717) is 5.92 Å². The molecule has 0 saturated heterocycles. The maximum Gasteiger partial charge on any atom is 0.136 e. The first-order valence-corrected chi connectivity index (χ1v) is 25.0. The molecule has 6 aromatic carbocycles. The summed E-state index contributed by atoms with van der Waals surface area (Å²) in [5.41, 5.74) is 22.3. The zero-order chi connectivity index (χ0) is 48.0. The van der Waals surface area contributed by atoms with E-state index in [2.05, 4.69) is 231 Å². The Labute approximate surface area is 407 Å². The Kier molecular flexibility index (Phi) is 14.5. The second kappa shape index (κ2) is 20.7. The summed E-state index contributed by atoms with van der Waals surface area (Å²) in [7, 11) is 0. The molecule has 11 rings (SSSR count). The van der Waals surface area contributed by atoms with Crippen LogP contribution in [-0.2, 0) is 10.8 Å². The fourth-order valence-electron chi connectivity index (χ4n) is 9.92. The van der Waals surface area contributed by atoms with Crippen molar-refractivity contribution < 1.29 is 4.42 Å². The molecule has 1 unspecified atom stereocenters. The molecule has 1 nitrogen and oxygen atoms in total. The Morgan fingerprint density at radius 1 is 0.588 bits per heavy atom. The van der Waals surface area contributed by atoms with Crippen molar-refractivity contribution in [3.05, 3.63) is 233 Å². The van der Waals surface area contributed by atoms with Crippen LogP contribution in [0.1, 0.15) is 116 Å². The van der Waals surface area contributed by atoms with Gasteiger partial charge in [-0.1, -0.05) is 219 Å². The van der Waals surface area contributed by atoms with E-state index >= 15 is 0 Å². The predicted molar refractivity (Wildman–Crippen MR) is 296 cm³/mol. The van der Waals surface area contributed by atoms with E-state index in [1.54, 1.807) is 0 Å². The minimum atomic E-state index is -0.00368. The molecular weight excluding hydrogens is 821 g/mol. The van der Waals surface area contributed by atoms with Crippen LogP contribution in [0.25, 0.3) is 60.9 Å². The predicted octanol–water partition coefficient (Wildman–Crippen LogP) is 19.6. The van der Waals surface area contributed by atoms with Crippen molar-refractivity contribution in [1.29, 1.82) is 0 Å². The average molecular weight is 891 g/mol. The minimum Gasteiger partial charge on any atom is -0.456 e. The van der Waals surface area contributed by atoms with Crippen LogP contribution < -0.4 is 0 Å². The topological polar surface area (TPSA) is 13.1 Å². The van der Waals surface area contributed by atoms with Gasteiger partial charge in [0.05, 0.1) is 0 Å². The monoisotopic (exact) mass is 891 g/mol. The zero-order valence-electron chi connectivity index (χ0n) is 42.2. The number of hydrogen-bond donors (Lipinski definition) is 0. The van der Waals surface area contributed by atoms with Crippen molar-refractivity contribution >= 4 is 27.5 Å².